The zero-order valence-electron chi connectivity index (χ0n) is 21.0. The summed E-state index contributed by atoms with van der Waals surface area (Å²) < 4.78 is 13.5. The third-order valence-corrected chi connectivity index (χ3v) is 5.38. The van der Waals surface area contributed by atoms with Gasteiger partial charge in [0.05, 0.1) is 6.54 Å². The molecule has 0 aliphatic carbocycles. The average Bonchev–Trinajstić information content (AvgIpc) is 2.79. The molecular formula is C27H43FN4. The molecule has 0 saturated heterocycles. The van der Waals surface area contributed by atoms with Crippen LogP contribution in [0.1, 0.15) is 73.3 Å². The van der Waals surface area contributed by atoms with Crippen LogP contribution in [0.5, 0.6) is 0 Å². The molecule has 2 rings (SSSR count). The van der Waals surface area contributed by atoms with Crippen LogP contribution in [0.15, 0.2) is 65.1 Å². The molecule has 0 bridgehead atoms. The molecule has 2 atom stereocenters. The van der Waals surface area contributed by atoms with Crippen LogP contribution in [-0.2, 0) is 6.54 Å². The highest BCUT2D eigenvalue weighted by atomic mass is 19.1. The topological polar surface area (TPSA) is 48.4 Å². The number of halogens is 1. The lowest BCUT2D eigenvalue weighted by Crippen LogP contribution is -2.49. The Morgan fingerprint density at radius 3 is 2.56 bits per heavy atom. The predicted octanol–water partition coefficient (Wildman–Crippen LogP) is 6.44. The molecule has 3 N–H and O–H groups in total. The van der Waals surface area contributed by atoms with Crippen molar-refractivity contribution in [3.63, 3.8) is 0 Å². The van der Waals surface area contributed by atoms with Crippen molar-refractivity contribution in [3.05, 3.63) is 71.5 Å². The summed E-state index contributed by atoms with van der Waals surface area (Å²) in [4.78, 5) is 4.73. The lowest BCUT2D eigenvalue weighted by atomic mass is 9.93. The minimum Gasteiger partial charge on any atom is -0.375 e. The quantitative estimate of drug-likeness (QED) is 0.366. The lowest BCUT2D eigenvalue weighted by Gasteiger charge is -2.28. The Balaban J connectivity index is 0.00000249. The van der Waals surface area contributed by atoms with Crippen LogP contribution in [0.2, 0.25) is 0 Å². The van der Waals surface area contributed by atoms with Gasteiger partial charge in [0.1, 0.15) is 23.5 Å². The van der Waals surface area contributed by atoms with Crippen molar-refractivity contribution in [3.8, 4) is 0 Å². The number of nitrogens with one attached hydrogen (secondary N) is 3. The molecule has 2 unspecified atom stereocenters. The number of hydrogen-bond acceptors (Lipinski definition) is 3. The smallest absolute Gasteiger partial charge is 0.129 e. The van der Waals surface area contributed by atoms with Crippen molar-refractivity contribution in [2.45, 2.75) is 86.4 Å². The maximum absolute atomic E-state index is 13.5. The highest BCUT2D eigenvalue weighted by Crippen LogP contribution is 2.18. The molecule has 178 valence electrons. The van der Waals surface area contributed by atoms with Gasteiger partial charge in [-0.3, -0.25) is 4.99 Å². The van der Waals surface area contributed by atoms with E-state index < -0.39 is 0 Å². The van der Waals surface area contributed by atoms with Gasteiger partial charge < -0.3 is 16.0 Å². The van der Waals surface area contributed by atoms with Crippen molar-refractivity contribution in [1.82, 2.24) is 16.0 Å². The molecule has 0 saturated carbocycles. The second-order valence-electron chi connectivity index (χ2n) is 7.85. The van der Waals surface area contributed by atoms with E-state index in [1.54, 1.807) is 6.07 Å². The van der Waals surface area contributed by atoms with Gasteiger partial charge in [0, 0.05) is 12.2 Å². The van der Waals surface area contributed by atoms with Crippen molar-refractivity contribution in [2.75, 3.05) is 0 Å². The summed E-state index contributed by atoms with van der Waals surface area (Å²) in [6.45, 7) is 15.4. The normalized spacial score (nSPS) is 18.5. The van der Waals surface area contributed by atoms with Gasteiger partial charge in [-0.05, 0) is 56.7 Å². The van der Waals surface area contributed by atoms with E-state index in [0.29, 0.717) is 12.5 Å². The number of allylic oxidation sites excluding steroid dienone is 2. The molecular weight excluding hydrogens is 399 g/mol. The Kier molecular flexibility index (Phi) is 13.1. The molecule has 1 aromatic carbocycles. The van der Waals surface area contributed by atoms with E-state index >= 15 is 0 Å². The molecule has 0 aromatic heterocycles. The van der Waals surface area contributed by atoms with Crippen LogP contribution in [0.4, 0.5) is 4.39 Å². The molecule has 0 spiro atoms. The van der Waals surface area contributed by atoms with E-state index in [4.69, 9.17) is 4.99 Å². The van der Waals surface area contributed by atoms with Gasteiger partial charge in [0.2, 0.25) is 0 Å². The summed E-state index contributed by atoms with van der Waals surface area (Å²) in [5.41, 5.74) is 2.27. The zero-order valence-corrected chi connectivity index (χ0v) is 21.0. The van der Waals surface area contributed by atoms with Gasteiger partial charge in [-0.1, -0.05) is 70.6 Å². The van der Waals surface area contributed by atoms with E-state index in [1.807, 2.05) is 26.1 Å². The highest BCUT2D eigenvalue weighted by Gasteiger charge is 2.19. The predicted molar refractivity (Wildman–Crippen MR) is 137 cm³/mol. The summed E-state index contributed by atoms with van der Waals surface area (Å²) in [5, 5.41) is 10.3. The Morgan fingerprint density at radius 1 is 1.22 bits per heavy atom. The Labute approximate surface area is 195 Å². The first-order chi connectivity index (χ1) is 15.5. The third-order valence-electron chi connectivity index (χ3n) is 5.38. The van der Waals surface area contributed by atoms with Crippen molar-refractivity contribution in [2.24, 2.45) is 10.9 Å². The van der Waals surface area contributed by atoms with Crippen LogP contribution in [0.3, 0.4) is 0 Å². The Hall–Kier alpha value is -2.56. The van der Waals surface area contributed by atoms with Crippen molar-refractivity contribution < 1.29 is 4.39 Å². The van der Waals surface area contributed by atoms with E-state index in [9.17, 15) is 4.39 Å². The van der Waals surface area contributed by atoms with Gasteiger partial charge in [0.15, 0.2) is 0 Å². The standard InChI is InChI=1S/C25H37FN4.C2H6/c1-6-9-13-23-25(28-16-20-11-10-12-22(26)15-20)30-24(17-27-23)29-19(5)14-18(4)21(7-2)8-3;1-2/h9-15,17,19,21,23,27,29H,6-8,16H2,1-5H3,(H,28,30);1-2H3/b13-9+,18-14+;. The van der Waals surface area contributed by atoms with Gasteiger partial charge in [-0.25, -0.2) is 4.39 Å². The first-order valence-electron chi connectivity index (χ1n) is 12.1. The molecule has 1 aliphatic heterocycles. The van der Waals surface area contributed by atoms with E-state index in [2.05, 4.69) is 68.8 Å². The lowest BCUT2D eigenvalue weighted by molar-refractivity contribution is 0.561. The largest absolute Gasteiger partial charge is 0.375 e. The second-order valence-corrected chi connectivity index (χ2v) is 7.85. The van der Waals surface area contributed by atoms with Crippen molar-refractivity contribution >= 4 is 5.84 Å². The van der Waals surface area contributed by atoms with E-state index in [-0.39, 0.29) is 17.9 Å². The summed E-state index contributed by atoms with van der Waals surface area (Å²) >= 11 is 0. The number of amidine groups is 1. The molecule has 1 heterocycles. The number of aliphatic imine (C=N–C) groups is 1. The maximum atomic E-state index is 13.5. The number of benzene rings is 1. The molecule has 1 aliphatic rings. The molecule has 0 amide bonds. The number of rotatable bonds is 10. The fourth-order valence-corrected chi connectivity index (χ4v) is 3.70. The van der Waals surface area contributed by atoms with E-state index in [0.717, 1.165) is 36.5 Å². The van der Waals surface area contributed by atoms with Gasteiger partial charge in [0.25, 0.3) is 0 Å². The maximum Gasteiger partial charge on any atom is 0.129 e. The minimum atomic E-state index is -0.236. The van der Waals surface area contributed by atoms with Gasteiger partial charge >= 0.3 is 0 Å². The van der Waals surface area contributed by atoms with Crippen molar-refractivity contribution in [1.29, 1.82) is 0 Å². The molecule has 4 nitrogen and oxygen atoms in total. The van der Waals surface area contributed by atoms with Crippen LogP contribution in [-0.4, -0.2) is 17.9 Å². The van der Waals surface area contributed by atoms with Crippen LogP contribution < -0.4 is 16.0 Å². The van der Waals surface area contributed by atoms with Crippen LogP contribution in [0.25, 0.3) is 0 Å². The summed E-state index contributed by atoms with van der Waals surface area (Å²) in [6.07, 6.45) is 11.8. The SMILES string of the molecule is CC.CC/C=C/C1NC=C(NC(C)/C=C(\C)C(CC)CC)NC1=NCc1cccc(F)c1. The zero-order chi connectivity index (χ0) is 23.9. The molecule has 32 heavy (non-hydrogen) atoms. The minimum absolute atomic E-state index is 0.0267. The second kappa shape index (κ2) is 15.3. The van der Waals surface area contributed by atoms with Crippen LogP contribution >= 0.6 is 0 Å². The summed E-state index contributed by atoms with van der Waals surface area (Å²) in [7, 11) is 0. The molecule has 0 fully saturated rings. The number of nitrogens with zero attached hydrogens (tertiary/aromatic N) is 1. The first kappa shape index (κ1) is 27.5. The fourth-order valence-electron chi connectivity index (χ4n) is 3.70. The Bertz CT molecular complexity index is 791. The summed E-state index contributed by atoms with van der Waals surface area (Å²) in [5.74, 6) is 2.10. The van der Waals surface area contributed by atoms with E-state index in [1.165, 1.54) is 17.7 Å². The molecule has 5 heteroatoms. The van der Waals surface area contributed by atoms with Gasteiger partial charge in [-0.2, -0.15) is 0 Å². The first-order valence-corrected chi connectivity index (χ1v) is 12.1. The third kappa shape index (κ3) is 9.29. The summed E-state index contributed by atoms with van der Waals surface area (Å²) in [6, 6.07) is 6.75. The fraction of sp³-hybridized carbons (Fsp3) is 0.519. The van der Waals surface area contributed by atoms with Crippen LogP contribution in [0, 0.1) is 11.7 Å². The Morgan fingerprint density at radius 2 is 1.94 bits per heavy atom. The average molecular weight is 443 g/mol. The number of hydrogen-bond donors (Lipinski definition) is 3. The monoisotopic (exact) mass is 442 g/mol. The highest BCUT2D eigenvalue weighted by molar-refractivity contribution is 5.91. The van der Waals surface area contributed by atoms with Gasteiger partial charge in [-0.15, -0.1) is 0 Å². The molecule has 0 radical (unpaired) electrons. The molecule has 1 aromatic rings.